The van der Waals surface area contributed by atoms with Gasteiger partial charge in [-0.3, -0.25) is 0 Å². The van der Waals surface area contributed by atoms with Crippen LogP contribution in [0, 0.1) is 24.2 Å². The van der Waals surface area contributed by atoms with Crippen LogP contribution in [0.25, 0.3) is 0 Å². The Morgan fingerprint density at radius 1 is 1.64 bits per heavy atom. The summed E-state index contributed by atoms with van der Waals surface area (Å²) in [7, 11) is 0. The van der Waals surface area contributed by atoms with Gasteiger partial charge in [-0.1, -0.05) is 0 Å². The molecule has 0 saturated heterocycles. The lowest BCUT2D eigenvalue weighted by atomic mass is 10.1. The first-order chi connectivity index (χ1) is 6.81. The summed E-state index contributed by atoms with van der Waals surface area (Å²) < 4.78 is 0. The molecule has 2 rings (SSSR count). The number of nitriles is 1. The smallest absolute Gasteiger partial charge is 0.144 e. The van der Waals surface area contributed by atoms with Crippen LogP contribution >= 0.6 is 0 Å². The fourth-order valence-electron chi connectivity index (χ4n) is 1.40. The van der Waals surface area contributed by atoms with Crippen LogP contribution in [0.15, 0.2) is 12.3 Å². The van der Waals surface area contributed by atoms with Crippen molar-refractivity contribution in [2.45, 2.75) is 19.8 Å². The molecule has 0 atom stereocenters. The van der Waals surface area contributed by atoms with Gasteiger partial charge in [-0.2, -0.15) is 5.26 Å². The fourth-order valence-corrected chi connectivity index (χ4v) is 1.40. The highest BCUT2D eigenvalue weighted by molar-refractivity contribution is 5.55. The summed E-state index contributed by atoms with van der Waals surface area (Å²) in [5.74, 6) is 1.53. The molecule has 1 fully saturated rings. The number of hydrogen-bond donors (Lipinski definition) is 1. The van der Waals surface area contributed by atoms with E-state index in [0.29, 0.717) is 5.56 Å². The van der Waals surface area contributed by atoms with Crippen molar-refractivity contribution in [3.05, 3.63) is 23.4 Å². The molecule has 3 heteroatoms. The topological polar surface area (TPSA) is 48.7 Å². The number of nitrogens with one attached hydrogen (secondary N) is 1. The van der Waals surface area contributed by atoms with Crippen molar-refractivity contribution in [2.24, 2.45) is 5.92 Å². The number of aryl methyl sites for hydroxylation is 1. The zero-order valence-corrected chi connectivity index (χ0v) is 8.25. The van der Waals surface area contributed by atoms with E-state index in [4.69, 9.17) is 5.26 Å². The Morgan fingerprint density at radius 3 is 3.07 bits per heavy atom. The Hall–Kier alpha value is -1.56. The molecule has 1 aliphatic rings. The monoisotopic (exact) mass is 187 g/mol. The molecule has 0 aliphatic heterocycles. The molecule has 14 heavy (non-hydrogen) atoms. The van der Waals surface area contributed by atoms with E-state index in [0.717, 1.165) is 23.8 Å². The van der Waals surface area contributed by atoms with Gasteiger partial charge in [-0.15, -0.1) is 0 Å². The minimum atomic E-state index is 0.674. The highest BCUT2D eigenvalue weighted by atomic mass is 15.0. The summed E-state index contributed by atoms with van der Waals surface area (Å²) in [5, 5.41) is 12.2. The van der Waals surface area contributed by atoms with E-state index in [1.54, 1.807) is 6.20 Å². The number of anilines is 1. The normalized spacial score (nSPS) is 14.9. The molecule has 3 nitrogen and oxygen atoms in total. The summed E-state index contributed by atoms with van der Waals surface area (Å²) in [5.41, 5.74) is 1.66. The van der Waals surface area contributed by atoms with Gasteiger partial charge in [0.2, 0.25) is 0 Å². The second kappa shape index (κ2) is 3.67. The predicted octanol–water partition coefficient (Wildman–Crippen LogP) is 2.08. The number of pyridine rings is 1. The van der Waals surface area contributed by atoms with Gasteiger partial charge in [0.25, 0.3) is 0 Å². The van der Waals surface area contributed by atoms with Gasteiger partial charge in [0, 0.05) is 12.7 Å². The van der Waals surface area contributed by atoms with Crippen LogP contribution in [-0.4, -0.2) is 11.5 Å². The van der Waals surface area contributed by atoms with Crippen molar-refractivity contribution < 1.29 is 0 Å². The Kier molecular flexibility index (Phi) is 2.36. The lowest BCUT2D eigenvalue weighted by Gasteiger charge is -2.07. The molecule has 0 amide bonds. The molecule has 0 spiro atoms. The predicted molar refractivity (Wildman–Crippen MR) is 54.9 cm³/mol. The van der Waals surface area contributed by atoms with E-state index in [2.05, 4.69) is 16.4 Å². The molecule has 1 aromatic rings. The average molecular weight is 187 g/mol. The highest BCUT2D eigenvalue weighted by Crippen LogP contribution is 2.29. The molecule has 72 valence electrons. The second-order valence-corrected chi connectivity index (χ2v) is 3.79. The van der Waals surface area contributed by atoms with Crippen molar-refractivity contribution in [3.63, 3.8) is 0 Å². The molecule has 1 aliphatic carbocycles. The SMILES string of the molecule is Cc1ccnc(NCC2CC2)c1C#N. The minimum Gasteiger partial charge on any atom is -0.369 e. The van der Waals surface area contributed by atoms with Gasteiger partial charge in [-0.25, -0.2) is 4.98 Å². The van der Waals surface area contributed by atoms with Gasteiger partial charge in [0.05, 0.1) is 5.56 Å². The van der Waals surface area contributed by atoms with Gasteiger partial charge >= 0.3 is 0 Å². The zero-order valence-electron chi connectivity index (χ0n) is 8.25. The highest BCUT2D eigenvalue weighted by Gasteiger charge is 2.21. The molecule has 1 saturated carbocycles. The number of nitrogens with zero attached hydrogens (tertiary/aromatic N) is 2. The van der Waals surface area contributed by atoms with Crippen molar-refractivity contribution in [1.82, 2.24) is 4.98 Å². The Labute approximate surface area is 83.8 Å². The first-order valence-corrected chi connectivity index (χ1v) is 4.91. The Morgan fingerprint density at radius 2 is 2.43 bits per heavy atom. The quantitative estimate of drug-likeness (QED) is 0.788. The molecule has 1 heterocycles. The first kappa shape index (κ1) is 9.01. The van der Waals surface area contributed by atoms with E-state index >= 15 is 0 Å². The van der Waals surface area contributed by atoms with Gasteiger partial charge < -0.3 is 5.32 Å². The van der Waals surface area contributed by atoms with E-state index < -0.39 is 0 Å². The fraction of sp³-hybridized carbons (Fsp3) is 0.455. The molecule has 0 unspecified atom stereocenters. The minimum absolute atomic E-state index is 0.674. The number of hydrogen-bond acceptors (Lipinski definition) is 3. The zero-order chi connectivity index (χ0) is 9.97. The standard InChI is InChI=1S/C11H13N3/c1-8-4-5-13-11(10(8)6-12)14-7-9-2-3-9/h4-5,9H,2-3,7H2,1H3,(H,13,14). The summed E-state index contributed by atoms with van der Waals surface area (Å²) >= 11 is 0. The van der Waals surface area contributed by atoms with Crippen LogP contribution in [0.5, 0.6) is 0 Å². The number of rotatable bonds is 3. The summed E-state index contributed by atoms with van der Waals surface area (Å²) in [6, 6.07) is 4.04. The summed E-state index contributed by atoms with van der Waals surface area (Å²) in [6.07, 6.45) is 4.35. The molecule has 0 aromatic carbocycles. The molecular formula is C11H13N3. The lowest BCUT2D eigenvalue weighted by Crippen LogP contribution is -2.07. The van der Waals surface area contributed by atoms with Crippen LogP contribution < -0.4 is 5.32 Å². The molecule has 0 bridgehead atoms. The van der Waals surface area contributed by atoms with Crippen molar-refractivity contribution >= 4 is 5.82 Å². The molecule has 1 aromatic heterocycles. The second-order valence-electron chi connectivity index (χ2n) is 3.79. The van der Waals surface area contributed by atoms with Crippen molar-refractivity contribution in [2.75, 3.05) is 11.9 Å². The third-order valence-electron chi connectivity index (χ3n) is 2.53. The van der Waals surface area contributed by atoms with E-state index in [1.807, 2.05) is 13.0 Å². The van der Waals surface area contributed by atoms with Crippen LogP contribution in [0.1, 0.15) is 24.0 Å². The van der Waals surface area contributed by atoms with Crippen molar-refractivity contribution in [3.8, 4) is 6.07 Å². The Balaban J connectivity index is 2.14. The maximum atomic E-state index is 8.95. The van der Waals surface area contributed by atoms with Crippen molar-refractivity contribution in [1.29, 1.82) is 5.26 Å². The maximum Gasteiger partial charge on any atom is 0.144 e. The Bertz CT molecular complexity index is 375. The summed E-state index contributed by atoms with van der Waals surface area (Å²) in [6.45, 7) is 2.88. The molecule has 1 N–H and O–H groups in total. The van der Waals surface area contributed by atoms with Gasteiger partial charge in [0.1, 0.15) is 11.9 Å². The maximum absolute atomic E-state index is 8.95. The largest absolute Gasteiger partial charge is 0.369 e. The van der Waals surface area contributed by atoms with Crippen LogP contribution in [-0.2, 0) is 0 Å². The third kappa shape index (κ3) is 1.85. The van der Waals surface area contributed by atoms with Gasteiger partial charge in [-0.05, 0) is 37.3 Å². The molecular weight excluding hydrogens is 174 g/mol. The molecule has 0 radical (unpaired) electrons. The van der Waals surface area contributed by atoms with E-state index in [9.17, 15) is 0 Å². The van der Waals surface area contributed by atoms with Crippen LogP contribution in [0.4, 0.5) is 5.82 Å². The van der Waals surface area contributed by atoms with E-state index in [-0.39, 0.29) is 0 Å². The third-order valence-corrected chi connectivity index (χ3v) is 2.53. The lowest BCUT2D eigenvalue weighted by molar-refractivity contribution is 0.881. The summed E-state index contributed by atoms with van der Waals surface area (Å²) in [4.78, 5) is 4.18. The van der Waals surface area contributed by atoms with Gasteiger partial charge in [0.15, 0.2) is 0 Å². The average Bonchev–Trinajstić information content (AvgIpc) is 2.98. The number of aromatic nitrogens is 1. The van der Waals surface area contributed by atoms with Crippen LogP contribution in [0.2, 0.25) is 0 Å². The first-order valence-electron chi connectivity index (χ1n) is 4.91. The van der Waals surface area contributed by atoms with Crippen LogP contribution in [0.3, 0.4) is 0 Å². The van der Waals surface area contributed by atoms with E-state index in [1.165, 1.54) is 12.8 Å².